The van der Waals surface area contributed by atoms with E-state index in [-0.39, 0.29) is 43.0 Å². The number of ketones is 1. The van der Waals surface area contributed by atoms with Crippen molar-refractivity contribution >= 4 is 23.5 Å². The molecule has 0 saturated carbocycles. The number of rotatable bonds is 8. The Morgan fingerprint density at radius 1 is 1.15 bits per heavy atom. The molecule has 1 heterocycles. The van der Waals surface area contributed by atoms with Crippen molar-refractivity contribution in [3.05, 3.63) is 35.4 Å². The fourth-order valence-corrected chi connectivity index (χ4v) is 3.01. The first-order chi connectivity index (χ1) is 12.4. The van der Waals surface area contributed by atoms with Gasteiger partial charge in [0.1, 0.15) is 11.6 Å². The van der Waals surface area contributed by atoms with Crippen molar-refractivity contribution in [3.8, 4) is 0 Å². The van der Waals surface area contributed by atoms with Gasteiger partial charge in [0.05, 0.1) is 6.54 Å². The summed E-state index contributed by atoms with van der Waals surface area (Å²) in [4.78, 5) is 36.8. The molecule has 26 heavy (non-hydrogen) atoms. The average Bonchev–Trinajstić information content (AvgIpc) is 2.61. The summed E-state index contributed by atoms with van der Waals surface area (Å²) in [5, 5.41) is 18.8. The Bertz CT molecular complexity index is 679. The number of hydrogen-bond donors (Lipinski definition) is 4. The van der Waals surface area contributed by atoms with E-state index in [1.807, 2.05) is 4.90 Å². The number of amidine groups is 1. The van der Waals surface area contributed by atoms with Crippen LogP contribution in [0.25, 0.3) is 0 Å². The highest BCUT2D eigenvalue weighted by atomic mass is 16.4. The first-order valence-corrected chi connectivity index (χ1v) is 8.56. The highest BCUT2D eigenvalue weighted by Gasteiger charge is 2.25. The van der Waals surface area contributed by atoms with Crippen LogP contribution in [0.4, 0.5) is 0 Å². The second-order valence-corrected chi connectivity index (χ2v) is 6.41. The van der Waals surface area contributed by atoms with Crippen LogP contribution in [0.1, 0.15) is 35.2 Å². The molecule has 1 fully saturated rings. The Morgan fingerprint density at radius 3 is 2.27 bits per heavy atom. The Hall–Kier alpha value is -2.74. The molecule has 0 unspecified atom stereocenters. The first kappa shape index (κ1) is 19.6. The molecule has 1 aliphatic rings. The number of nitrogens with two attached hydrogens (primary N) is 1. The summed E-state index contributed by atoms with van der Waals surface area (Å²) >= 11 is 0. The predicted molar refractivity (Wildman–Crippen MR) is 96.2 cm³/mol. The monoisotopic (exact) mass is 360 g/mol. The molecule has 0 radical (unpaired) electrons. The lowest BCUT2D eigenvalue weighted by atomic mass is 9.91. The molecule has 0 spiro atoms. The number of hydrogen-bond acceptors (Lipinski definition) is 5. The lowest BCUT2D eigenvalue weighted by Crippen LogP contribution is -2.39. The molecule has 1 saturated heterocycles. The normalized spacial score (nSPS) is 15.4. The second kappa shape index (κ2) is 9.10. The van der Waals surface area contributed by atoms with Gasteiger partial charge in [-0.2, -0.15) is 0 Å². The van der Waals surface area contributed by atoms with Gasteiger partial charge in [0.2, 0.25) is 0 Å². The van der Waals surface area contributed by atoms with E-state index >= 15 is 0 Å². The van der Waals surface area contributed by atoms with Crippen molar-refractivity contribution in [2.24, 2.45) is 11.7 Å². The number of carboxylic acid groups (broad SMARTS) is 1. The van der Waals surface area contributed by atoms with Crippen molar-refractivity contribution < 1.29 is 19.5 Å². The zero-order valence-electron chi connectivity index (χ0n) is 14.5. The van der Waals surface area contributed by atoms with Gasteiger partial charge < -0.3 is 16.2 Å². The van der Waals surface area contributed by atoms with Gasteiger partial charge in [0.25, 0.3) is 5.91 Å². The maximum absolute atomic E-state index is 12.2. The van der Waals surface area contributed by atoms with E-state index in [1.54, 1.807) is 24.3 Å². The molecular formula is C18H24N4O4. The lowest BCUT2D eigenvalue weighted by molar-refractivity contribution is -0.138. The van der Waals surface area contributed by atoms with Gasteiger partial charge in [-0.1, -0.05) is 12.1 Å². The summed E-state index contributed by atoms with van der Waals surface area (Å²) in [5.41, 5.74) is 6.37. The van der Waals surface area contributed by atoms with E-state index in [4.69, 9.17) is 16.2 Å². The number of carbonyl (C=O) groups excluding carboxylic acids is 2. The van der Waals surface area contributed by atoms with Crippen molar-refractivity contribution in [1.29, 1.82) is 5.41 Å². The van der Waals surface area contributed by atoms with Crippen LogP contribution >= 0.6 is 0 Å². The number of carbonyl (C=O) groups is 3. The average molecular weight is 360 g/mol. The summed E-state index contributed by atoms with van der Waals surface area (Å²) in [5.74, 6) is -1.14. The molecular weight excluding hydrogens is 336 g/mol. The second-order valence-electron chi connectivity index (χ2n) is 6.41. The van der Waals surface area contributed by atoms with Crippen LogP contribution in [-0.2, 0) is 9.59 Å². The van der Waals surface area contributed by atoms with Gasteiger partial charge in [-0.25, -0.2) is 0 Å². The highest BCUT2D eigenvalue weighted by molar-refractivity contribution is 5.98. The number of likely N-dealkylation sites (tertiary alicyclic amines) is 1. The van der Waals surface area contributed by atoms with Crippen molar-refractivity contribution in [1.82, 2.24) is 10.2 Å². The van der Waals surface area contributed by atoms with Gasteiger partial charge in [0, 0.05) is 30.0 Å². The molecule has 0 atom stereocenters. The number of piperidine rings is 1. The number of nitrogens with one attached hydrogen (secondary N) is 2. The lowest BCUT2D eigenvalue weighted by Gasteiger charge is -2.29. The summed E-state index contributed by atoms with van der Waals surface area (Å²) in [6.07, 6.45) is 1.58. The number of aliphatic carboxylic acids is 1. The SMILES string of the molecule is N=C(N)c1ccc(C(=O)NCCC(=O)C2CCN(CC(=O)O)CC2)cc1. The fourth-order valence-electron chi connectivity index (χ4n) is 3.01. The fraction of sp³-hybridized carbons (Fsp3) is 0.444. The minimum absolute atomic E-state index is 0.0133. The molecule has 8 nitrogen and oxygen atoms in total. The standard InChI is InChI=1S/C18H24N4O4/c19-17(20)13-1-3-14(4-2-13)18(26)21-8-5-15(23)12-6-9-22(10-7-12)11-16(24)25/h1-4,12H,5-11H2,(H3,19,20)(H,21,26)(H,24,25). The molecule has 0 bridgehead atoms. The number of nitrogens with zero attached hydrogens (tertiary/aromatic N) is 1. The number of Topliss-reactive ketones (excluding diaryl/α,β-unsaturated/α-hetero) is 1. The molecule has 2 rings (SSSR count). The molecule has 140 valence electrons. The van der Waals surface area contributed by atoms with Crippen LogP contribution in [0.15, 0.2) is 24.3 Å². The third-order valence-corrected chi connectivity index (χ3v) is 4.52. The molecule has 1 aromatic carbocycles. The van der Waals surface area contributed by atoms with E-state index in [0.29, 0.717) is 37.1 Å². The molecule has 1 aromatic rings. The largest absolute Gasteiger partial charge is 0.480 e. The summed E-state index contributed by atoms with van der Waals surface area (Å²) in [6.45, 7) is 1.50. The predicted octanol–water partition coefficient (Wildman–Crippen LogP) is 0.456. The number of carboxylic acids is 1. The maximum Gasteiger partial charge on any atom is 0.317 e. The smallest absolute Gasteiger partial charge is 0.317 e. The third-order valence-electron chi connectivity index (χ3n) is 4.52. The van der Waals surface area contributed by atoms with E-state index in [0.717, 1.165) is 0 Å². The number of nitrogen functional groups attached to an aromatic ring is 1. The molecule has 0 aliphatic carbocycles. The number of amides is 1. The quantitative estimate of drug-likeness (QED) is 0.393. The minimum atomic E-state index is -0.853. The van der Waals surface area contributed by atoms with Crippen LogP contribution in [0.5, 0.6) is 0 Å². The van der Waals surface area contributed by atoms with E-state index in [9.17, 15) is 14.4 Å². The van der Waals surface area contributed by atoms with Crippen LogP contribution in [0.3, 0.4) is 0 Å². The van der Waals surface area contributed by atoms with Gasteiger partial charge in [-0.3, -0.25) is 24.7 Å². The van der Waals surface area contributed by atoms with Gasteiger partial charge >= 0.3 is 5.97 Å². The molecule has 0 aromatic heterocycles. The maximum atomic E-state index is 12.2. The van der Waals surface area contributed by atoms with E-state index in [1.165, 1.54) is 0 Å². The topological polar surface area (TPSA) is 137 Å². The minimum Gasteiger partial charge on any atom is -0.480 e. The summed E-state index contributed by atoms with van der Waals surface area (Å²) in [6, 6.07) is 6.39. The molecule has 8 heteroatoms. The zero-order chi connectivity index (χ0) is 19.1. The van der Waals surface area contributed by atoms with Crippen molar-refractivity contribution in [2.45, 2.75) is 19.3 Å². The van der Waals surface area contributed by atoms with Crippen LogP contribution in [0.2, 0.25) is 0 Å². The van der Waals surface area contributed by atoms with Crippen LogP contribution in [0, 0.1) is 11.3 Å². The zero-order valence-corrected chi connectivity index (χ0v) is 14.5. The third kappa shape index (κ3) is 5.66. The Morgan fingerprint density at radius 2 is 1.73 bits per heavy atom. The highest BCUT2D eigenvalue weighted by Crippen LogP contribution is 2.19. The first-order valence-electron chi connectivity index (χ1n) is 8.56. The van der Waals surface area contributed by atoms with E-state index < -0.39 is 5.97 Å². The summed E-state index contributed by atoms with van der Waals surface area (Å²) < 4.78 is 0. The van der Waals surface area contributed by atoms with Crippen LogP contribution < -0.4 is 11.1 Å². The summed E-state index contributed by atoms with van der Waals surface area (Å²) in [7, 11) is 0. The van der Waals surface area contributed by atoms with E-state index in [2.05, 4.69) is 5.32 Å². The Kier molecular flexibility index (Phi) is 6.85. The molecule has 1 aliphatic heterocycles. The molecule has 1 amide bonds. The van der Waals surface area contributed by atoms with Crippen molar-refractivity contribution in [2.75, 3.05) is 26.2 Å². The number of benzene rings is 1. The Labute approximate surface area is 151 Å². The van der Waals surface area contributed by atoms with Gasteiger partial charge in [-0.05, 0) is 38.1 Å². The van der Waals surface area contributed by atoms with Crippen molar-refractivity contribution in [3.63, 3.8) is 0 Å². The van der Waals surface area contributed by atoms with Gasteiger partial charge in [0.15, 0.2) is 0 Å². The Balaban J connectivity index is 1.72. The van der Waals surface area contributed by atoms with Gasteiger partial charge in [-0.15, -0.1) is 0 Å². The van der Waals surface area contributed by atoms with Crippen LogP contribution in [-0.4, -0.2) is 59.7 Å². The molecule has 5 N–H and O–H groups in total.